The first-order valence-corrected chi connectivity index (χ1v) is 7.56. The Morgan fingerprint density at radius 1 is 1.06 bits per heavy atom. The average Bonchev–Trinajstić information content (AvgIpc) is 2.94. The molecule has 0 aromatic heterocycles. The van der Waals surface area contributed by atoms with Gasteiger partial charge >= 0.3 is 0 Å². The highest BCUT2D eigenvalue weighted by Crippen LogP contribution is 2.29. The summed E-state index contributed by atoms with van der Waals surface area (Å²) in [6.45, 7) is 2.38. The van der Waals surface area contributed by atoms with Crippen molar-refractivity contribution in [3.05, 3.63) is 0 Å². The summed E-state index contributed by atoms with van der Waals surface area (Å²) < 4.78 is 0. The molecule has 4 unspecified atom stereocenters. The lowest BCUT2D eigenvalue weighted by Crippen LogP contribution is -2.49. The second kappa shape index (κ2) is 5.17. The van der Waals surface area contributed by atoms with Gasteiger partial charge < -0.3 is 11.1 Å². The predicted molar refractivity (Wildman–Crippen MR) is 71.1 cm³/mol. The van der Waals surface area contributed by atoms with Gasteiger partial charge in [-0.2, -0.15) is 0 Å². The molecule has 2 aliphatic heterocycles. The van der Waals surface area contributed by atoms with Gasteiger partial charge in [0, 0.05) is 24.7 Å². The lowest BCUT2D eigenvalue weighted by molar-refractivity contribution is -0.127. The van der Waals surface area contributed by atoms with Crippen LogP contribution in [0.25, 0.3) is 0 Å². The van der Waals surface area contributed by atoms with E-state index in [4.69, 9.17) is 5.73 Å². The molecule has 2 saturated heterocycles. The summed E-state index contributed by atoms with van der Waals surface area (Å²) in [6, 6.07) is 1.07. The molecule has 1 amide bonds. The summed E-state index contributed by atoms with van der Waals surface area (Å²) in [5, 5.41) is 3.29. The fourth-order valence-electron chi connectivity index (χ4n) is 4.03. The number of nitrogens with two attached hydrogens (primary N) is 1. The molecule has 102 valence electrons. The Kier molecular flexibility index (Phi) is 3.57. The van der Waals surface area contributed by atoms with Crippen LogP contribution >= 0.6 is 0 Å². The lowest BCUT2D eigenvalue weighted by atomic mass is 9.84. The summed E-state index contributed by atoms with van der Waals surface area (Å²) in [5.74, 6) is 0.287. The molecule has 1 saturated carbocycles. The molecule has 18 heavy (non-hydrogen) atoms. The average molecular weight is 251 g/mol. The maximum atomic E-state index is 12.3. The first-order valence-electron chi connectivity index (χ1n) is 7.56. The lowest BCUT2D eigenvalue weighted by Gasteiger charge is -2.30. The smallest absolute Gasteiger partial charge is 0.224 e. The van der Waals surface area contributed by atoms with Crippen molar-refractivity contribution in [3.63, 3.8) is 0 Å². The Morgan fingerprint density at radius 2 is 1.89 bits per heavy atom. The van der Waals surface area contributed by atoms with E-state index < -0.39 is 0 Å². The van der Waals surface area contributed by atoms with Crippen LogP contribution in [0.1, 0.15) is 44.9 Å². The third-order valence-corrected chi connectivity index (χ3v) is 5.09. The molecule has 4 heteroatoms. The minimum Gasteiger partial charge on any atom is -0.351 e. The maximum absolute atomic E-state index is 12.3. The largest absolute Gasteiger partial charge is 0.351 e. The van der Waals surface area contributed by atoms with Crippen LogP contribution in [0.2, 0.25) is 0 Å². The Morgan fingerprint density at radius 3 is 2.72 bits per heavy atom. The molecule has 3 N–H and O–H groups in total. The van der Waals surface area contributed by atoms with E-state index in [2.05, 4.69) is 10.2 Å². The van der Waals surface area contributed by atoms with E-state index in [1.165, 1.54) is 25.8 Å². The number of hydrogen-bond donors (Lipinski definition) is 2. The second-order valence-corrected chi connectivity index (χ2v) is 6.20. The van der Waals surface area contributed by atoms with Crippen molar-refractivity contribution in [3.8, 4) is 0 Å². The van der Waals surface area contributed by atoms with Crippen molar-refractivity contribution in [2.45, 2.75) is 63.1 Å². The fourth-order valence-corrected chi connectivity index (χ4v) is 4.03. The Labute approximate surface area is 109 Å². The molecule has 0 radical (unpaired) electrons. The van der Waals surface area contributed by atoms with Gasteiger partial charge in [0.05, 0.1) is 5.92 Å². The quantitative estimate of drug-likeness (QED) is 0.765. The van der Waals surface area contributed by atoms with Gasteiger partial charge in [0.1, 0.15) is 0 Å². The van der Waals surface area contributed by atoms with Gasteiger partial charge in [0.25, 0.3) is 0 Å². The van der Waals surface area contributed by atoms with Gasteiger partial charge in [-0.15, -0.1) is 0 Å². The van der Waals surface area contributed by atoms with Crippen LogP contribution in [0.15, 0.2) is 0 Å². The van der Waals surface area contributed by atoms with E-state index in [9.17, 15) is 4.79 Å². The highest BCUT2D eigenvalue weighted by Gasteiger charge is 2.39. The molecule has 3 aliphatic rings. The van der Waals surface area contributed by atoms with E-state index in [-0.39, 0.29) is 17.9 Å². The summed E-state index contributed by atoms with van der Waals surface area (Å²) in [5.41, 5.74) is 6.09. The van der Waals surface area contributed by atoms with Crippen LogP contribution in [0.5, 0.6) is 0 Å². The highest BCUT2D eigenvalue weighted by atomic mass is 16.2. The Hall–Kier alpha value is -0.610. The molecule has 4 nitrogen and oxygen atoms in total. The zero-order valence-corrected chi connectivity index (χ0v) is 11.1. The highest BCUT2D eigenvalue weighted by molar-refractivity contribution is 5.80. The molecule has 3 rings (SSSR count). The minimum absolute atomic E-state index is 0.0641. The summed E-state index contributed by atoms with van der Waals surface area (Å²) in [6.07, 6.45) is 8.00. The maximum Gasteiger partial charge on any atom is 0.224 e. The number of hydrogen-bond acceptors (Lipinski definition) is 3. The van der Waals surface area contributed by atoms with Crippen molar-refractivity contribution in [2.75, 3.05) is 13.1 Å². The van der Waals surface area contributed by atoms with Crippen LogP contribution in [0.4, 0.5) is 0 Å². The number of fused-ring (bicyclic) bond motifs is 1. The normalized spacial score (nSPS) is 40.7. The van der Waals surface area contributed by atoms with Gasteiger partial charge in [0.2, 0.25) is 5.91 Å². The third kappa shape index (κ3) is 2.28. The standard InChI is InChI=1S/C14H25N3O/c15-11-5-2-1-4-10(11)14(18)16-12-7-9-17-8-3-6-13(12)17/h10-13H,1-9,15H2,(H,16,18). The van der Waals surface area contributed by atoms with E-state index in [1.807, 2.05) is 0 Å². The number of amides is 1. The van der Waals surface area contributed by atoms with Gasteiger partial charge in [-0.3, -0.25) is 9.69 Å². The van der Waals surface area contributed by atoms with Crippen LogP contribution in [-0.4, -0.2) is 42.0 Å². The molecular formula is C14H25N3O. The molecule has 0 bridgehead atoms. The number of nitrogens with zero attached hydrogens (tertiary/aromatic N) is 1. The van der Waals surface area contributed by atoms with E-state index in [0.29, 0.717) is 12.1 Å². The summed E-state index contributed by atoms with van der Waals surface area (Å²) in [4.78, 5) is 14.9. The number of carbonyl (C=O) groups is 1. The molecule has 4 atom stereocenters. The predicted octanol–water partition coefficient (Wildman–Crippen LogP) is 0.857. The minimum atomic E-state index is 0.0641. The molecule has 0 aromatic carbocycles. The van der Waals surface area contributed by atoms with E-state index >= 15 is 0 Å². The Balaban J connectivity index is 1.57. The first kappa shape index (κ1) is 12.4. The number of rotatable bonds is 2. The van der Waals surface area contributed by atoms with Crippen LogP contribution < -0.4 is 11.1 Å². The Bertz CT molecular complexity index is 320. The second-order valence-electron chi connectivity index (χ2n) is 6.20. The van der Waals surface area contributed by atoms with Gasteiger partial charge in [-0.25, -0.2) is 0 Å². The van der Waals surface area contributed by atoms with Crippen molar-refractivity contribution in [1.82, 2.24) is 10.2 Å². The topological polar surface area (TPSA) is 58.4 Å². The van der Waals surface area contributed by atoms with Crippen molar-refractivity contribution in [1.29, 1.82) is 0 Å². The van der Waals surface area contributed by atoms with Crippen LogP contribution in [-0.2, 0) is 4.79 Å². The fraction of sp³-hybridized carbons (Fsp3) is 0.929. The van der Waals surface area contributed by atoms with Crippen molar-refractivity contribution in [2.24, 2.45) is 11.7 Å². The van der Waals surface area contributed by atoms with Crippen molar-refractivity contribution < 1.29 is 4.79 Å². The van der Waals surface area contributed by atoms with Gasteiger partial charge in [-0.1, -0.05) is 12.8 Å². The number of nitrogens with one attached hydrogen (secondary N) is 1. The molecule has 2 heterocycles. The number of carbonyl (C=O) groups excluding carboxylic acids is 1. The van der Waals surface area contributed by atoms with Crippen LogP contribution in [0, 0.1) is 5.92 Å². The SMILES string of the molecule is NC1CCCCC1C(=O)NC1CCN2CCCC12. The van der Waals surface area contributed by atoms with E-state index in [0.717, 1.165) is 32.2 Å². The zero-order valence-electron chi connectivity index (χ0n) is 11.1. The van der Waals surface area contributed by atoms with E-state index in [1.54, 1.807) is 0 Å². The van der Waals surface area contributed by atoms with Crippen LogP contribution in [0.3, 0.4) is 0 Å². The van der Waals surface area contributed by atoms with Crippen molar-refractivity contribution >= 4 is 5.91 Å². The summed E-state index contributed by atoms with van der Waals surface area (Å²) >= 11 is 0. The molecule has 0 spiro atoms. The summed E-state index contributed by atoms with van der Waals surface area (Å²) in [7, 11) is 0. The molecule has 3 fully saturated rings. The first-order chi connectivity index (χ1) is 8.75. The third-order valence-electron chi connectivity index (χ3n) is 5.09. The molecule has 1 aliphatic carbocycles. The molecular weight excluding hydrogens is 226 g/mol. The monoisotopic (exact) mass is 251 g/mol. The molecule has 0 aromatic rings. The van der Waals surface area contributed by atoms with Gasteiger partial charge in [0.15, 0.2) is 0 Å². The zero-order chi connectivity index (χ0) is 12.5. The van der Waals surface area contributed by atoms with Gasteiger partial charge in [-0.05, 0) is 38.6 Å².